The maximum atomic E-state index is 12.1. The standard InChI is InChI=1S/C15H25N3OS/c1-3-13(4-2)16-15(19)18-9-7-17(8-10-18)12-14-6-5-11-20-14/h5-6,11,13H,3-4,7-10,12H2,1-2H3,(H,16,19). The van der Waals surface area contributed by atoms with Crippen LogP contribution in [-0.4, -0.2) is 48.1 Å². The van der Waals surface area contributed by atoms with Crippen LogP contribution in [0.4, 0.5) is 4.79 Å². The average Bonchev–Trinajstić information content (AvgIpc) is 2.98. The molecule has 0 spiro atoms. The Morgan fingerprint density at radius 3 is 2.55 bits per heavy atom. The number of amides is 2. The Balaban J connectivity index is 1.74. The zero-order valence-corrected chi connectivity index (χ0v) is 13.3. The van der Waals surface area contributed by atoms with Crippen LogP contribution in [0.15, 0.2) is 17.5 Å². The molecule has 1 aromatic heterocycles. The number of urea groups is 1. The molecule has 0 atom stereocenters. The molecular weight excluding hydrogens is 270 g/mol. The van der Waals surface area contributed by atoms with E-state index in [1.165, 1.54) is 4.88 Å². The summed E-state index contributed by atoms with van der Waals surface area (Å²) in [6.07, 6.45) is 2.00. The summed E-state index contributed by atoms with van der Waals surface area (Å²) in [7, 11) is 0. The van der Waals surface area contributed by atoms with Crippen LogP contribution in [0.25, 0.3) is 0 Å². The van der Waals surface area contributed by atoms with Gasteiger partial charge in [0.05, 0.1) is 0 Å². The lowest BCUT2D eigenvalue weighted by molar-refractivity contribution is 0.133. The molecule has 2 amide bonds. The first-order chi connectivity index (χ1) is 9.72. The molecule has 0 saturated carbocycles. The van der Waals surface area contributed by atoms with Gasteiger partial charge in [-0.2, -0.15) is 0 Å². The van der Waals surface area contributed by atoms with E-state index in [1.54, 1.807) is 11.3 Å². The molecule has 0 bridgehead atoms. The highest BCUT2D eigenvalue weighted by atomic mass is 32.1. The molecule has 0 unspecified atom stereocenters. The van der Waals surface area contributed by atoms with Crippen molar-refractivity contribution in [3.63, 3.8) is 0 Å². The number of carbonyl (C=O) groups is 1. The zero-order chi connectivity index (χ0) is 14.4. The van der Waals surface area contributed by atoms with E-state index in [9.17, 15) is 4.79 Å². The smallest absolute Gasteiger partial charge is 0.317 e. The summed E-state index contributed by atoms with van der Waals surface area (Å²) in [4.78, 5) is 17.9. The van der Waals surface area contributed by atoms with Gasteiger partial charge in [0.15, 0.2) is 0 Å². The lowest BCUT2D eigenvalue weighted by Gasteiger charge is -2.35. The van der Waals surface area contributed by atoms with Gasteiger partial charge in [0, 0.05) is 43.6 Å². The number of carbonyl (C=O) groups excluding carboxylic acids is 1. The van der Waals surface area contributed by atoms with E-state index in [2.05, 4.69) is 41.6 Å². The maximum absolute atomic E-state index is 12.1. The first-order valence-electron chi connectivity index (χ1n) is 7.53. The van der Waals surface area contributed by atoms with Gasteiger partial charge in [-0.15, -0.1) is 11.3 Å². The van der Waals surface area contributed by atoms with Gasteiger partial charge >= 0.3 is 6.03 Å². The van der Waals surface area contributed by atoms with Crippen molar-refractivity contribution in [3.8, 4) is 0 Å². The van der Waals surface area contributed by atoms with Crippen molar-refractivity contribution in [2.45, 2.75) is 39.3 Å². The third kappa shape index (κ3) is 4.21. The Morgan fingerprint density at radius 1 is 1.30 bits per heavy atom. The third-order valence-corrected chi connectivity index (χ3v) is 4.79. The summed E-state index contributed by atoms with van der Waals surface area (Å²) in [6.45, 7) is 8.84. The minimum absolute atomic E-state index is 0.106. The number of nitrogens with one attached hydrogen (secondary N) is 1. The van der Waals surface area contributed by atoms with Crippen LogP contribution in [0.5, 0.6) is 0 Å². The molecule has 2 heterocycles. The zero-order valence-electron chi connectivity index (χ0n) is 12.5. The Kier molecular flexibility index (Phi) is 5.86. The fourth-order valence-electron chi connectivity index (χ4n) is 2.49. The molecule has 112 valence electrons. The number of hydrogen-bond acceptors (Lipinski definition) is 3. The van der Waals surface area contributed by atoms with Crippen LogP contribution in [0.3, 0.4) is 0 Å². The van der Waals surface area contributed by atoms with Crippen molar-refractivity contribution in [2.75, 3.05) is 26.2 Å². The number of rotatable bonds is 5. The third-order valence-electron chi connectivity index (χ3n) is 3.93. The summed E-state index contributed by atoms with van der Waals surface area (Å²) in [5.41, 5.74) is 0. The molecule has 2 rings (SSSR count). The van der Waals surface area contributed by atoms with E-state index in [4.69, 9.17) is 0 Å². The predicted octanol–water partition coefficient (Wildman–Crippen LogP) is 2.76. The van der Waals surface area contributed by atoms with Crippen LogP contribution in [0.1, 0.15) is 31.6 Å². The first kappa shape index (κ1) is 15.3. The van der Waals surface area contributed by atoms with Crippen LogP contribution in [0, 0.1) is 0 Å². The highest BCUT2D eigenvalue weighted by Crippen LogP contribution is 2.13. The van der Waals surface area contributed by atoms with Crippen LogP contribution in [0.2, 0.25) is 0 Å². The van der Waals surface area contributed by atoms with Crippen molar-refractivity contribution in [1.82, 2.24) is 15.1 Å². The summed E-state index contributed by atoms with van der Waals surface area (Å²) < 4.78 is 0. The van der Waals surface area contributed by atoms with E-state index in [-0.39, 0.29) is 6.03 Å². The van der Waals surface area contributed by atoms with Gasteiger partial charge in [-0.05, 0) is 24.3 Å². The number of thiophene rings is 1. The Hall–Kier alpha value is -1.07. The molecule has 1 fully saturated rings. The molecule has 20 heavy (non-hydrogen) atoms. The van der Waals surface area contributed by atoms with Gasteiger partial charge in [-0.1, -0.05) is 19.9 Å². The molecule has 0 aliphatic carbocycles. The van der Waals surface area contributed by atoms with E-state index < -0.39 is 0 Å². The molecule has 1 aliphatic rings. The van der Waals surface area contributed by atoms with Crippen molar-refractivity contribution >= 4 is 17.4 Å². The fourth-order valence-corrected chi connectivity index (χ4v) is 3.24. The minimum atomic E-state index is 0.106. The molecule has 4 nitrogen and oxygen atoms in total. The molecule has 0 aromatic carbocycles. The molecule has 1 saturated heterocycles. The van der Waals surface area contributed by atoms with E-state index in [0.29, 0.717) is 6.04 Å². The van der Waals surface area contributed by atoms with Gasteiger partial charge in [-0.25, -0.2) is 4.79 Å². The van der Waals surface area contributed by atoms with Gasteiger partial charge in [0.2, 0.25) is 0 Å². The molecule has 1 aromatic rings. The van der Waals surface area contributed by atoms with E-state index >= 15 is 0 Å². The second-order valence-corrected chi connectivity index (χ2v) is 6.34. The van der Waals surface area contributed by atoms with Crippen molar-refractivity contribution < 1.29 is 4.79 Å². The van der Waals surface area contributed by atoms with Gasteiger partial charge in [0.25, 0.3) is 0 Å². The Bertz CT molecular complexity index is 395. The lowest BCUT2D eigenvalue weighted by Crippen LogP contribution is -2.53. The monoisotopic (exact) mass is 295 g/mol. The van der Waals surface area contributed by atoms with Crippen LogP contribution >= 0.6 is 11.3 Å². The second-order valence-electron chi connectivity index (χ2n) is 5.31. The topological polar surface area (TPSA) is 35.6 Å². The molecule has 5 heteroatoms. The van der Waals surface area contributed by atoms with Gasteiger partial charge in [-0.3, -0.25) is 4.90 Å². The first-order valence-corrected chi connectivity index (χ1v) is 8.41. The average molecular weight is 295 g/mol. The Labute approximate surface area is 125 Å². The largest absolute Gasteiger partial charge is 0.335 e. The predicted molar refractivity (Wildman–Crippen MR) is 84.1 cm³/mol. The summed E-state index contributed by atoms with van der Waals surface area (Å²) in [5.74, 6) is 0. The van der Waals surface area contributed by atoms with Gasteiger partial charge < -0.3 is 10.2 Å². The normalized spacial score (nSPS) is 16.6. The molecule has 0 radical (unpaired) electrons. The summed E-state index contributed by atoms with van der Waals surface area (Å²) >= 11 is 1.80. The van der Waals surface area contributed by atoms with Crippen molar-refractivity contribution in [1.29, 1.82) is 0 Å². The summed E-state index contributed by atoms with van der Waals surface area (Å²) in [5, 5.41) is 5.24. The number of piperazine rings is 1. The highest BCUT2D eigenvalue weighted by molar-refractivity contribution is 7.09. The second kappa shape index (κ2) is 7.64. The summed E-state index contributed by atoms with van der Waals surface area (Å²) in [6, 6.07) is 4.69. The number of hydrogen-bond donors (Lipinski definition) is 1. The number of nitrogens with zero attached hydrogens (tertiary/aromatic N) is 2. The lowest BCUT2D eigenvalue weighted by atomic mass is 10.2. The molecular formula is C15H25N3OS. The fraction of sp³-hybridized carbons (Fsp3) is 0.667. The van der Waals surface area contributed by atoms with Crippen molar-refractivity contribution in [3.05, 3.63) is 22.4 Å². The van der Waals surface area contributed by atoms with Crippen LogP contribution < -0.4 is 5.32 Å². The molecule has 1 aliphatic heterocycles. The highest BCUT2D eigenvalue weighted by Gasteiger charge is 2.22. The SMILES string of the molecule is CCC(CC)NC(=O)N1CCN(Cc2cccs2)CC1. The van der Waals surface area contributed by atoms with E-state index in [1.807, 2.05) is 4.90 Å². The van der Waals surface area contributed by atoms with Crippen LogP contribution in [-0.2, 0) is 6.54 Å². The van der Waals surface area contributed by atoms with E-state index in [0.717, 1.165) is 45.6 Å². The molecule has 1 N–H and O–H groups in total. The van der Waals surface area contributed by atoms with Crippen molar-refractivity contribution in [2.24, 2.45) is 0 Å². The van der Waals surface area contributed by atoms with Gasteiger partial charge in [0.1, 0.15) is 0 Å². The minimum Gasteiger partial charge on any atom is -0.335 e. The maximum Gasteiger partial charge on any atom is 0.317 e. The quantitative estimate of drug-likeness (QED) is 0.906. The Morgan fingerprint density at radius 2 is 2.00 bits per heavy atom.